The lowest BCUT2D eigenvalue weighted by Gasteiger charge is -2.18. The summed E-state index contributed by atoms with van der Waals surface area (Å²) < 4.78 is 5.59. The molecule has 1 saturated heterocycles. The van der Waals surface area contributed by atoms with E-state index in [2.05, 4.69) is 9.88 Å². The van der Waals surface area contributed by atoms with Gasteiger partial charge in [-0.25, -0.2) is 0 Å². The maximum Gasteiger partial charge on any atom is 0.137 e. The van der Waals surface area contributed by atoms with E-state index < -0.39 is 0 Å². The van der Waals surface area contributed by atoms with Crippen LogP contribution >= 0.6 is 0 Å². The number of aliphatic hydroxyl groups is 1. The third-order valence-corrected chi connectivity index (χ3v) is 2.74. The fraction of sp³-hybridized carbons (Fsp3) is 0.545. The zero-order chi connectivity index (χ0) is 10.7. The molecule has 0 spiro atoms. The van der Waals surface area contributed by atoms with Gasteiger partial charge in [0.2, 0.25) is 0 Å². The monoisotopic (exact) mass is 208 g/mol. The summed E-state index contributed by atoms with van der Waals surface area (Å²) in [5.74, 6) is 0.785. The van der Waals surface area contributed by atoms with Crippen LogP contribution in [-0.4, -0.2) is 47.3 Å². The second-order valence-electron chi connectivity index (χ2n) is 3.98. The van der Waals surface area contributed by atoms with Crippen LogP contribution in [0.4, 0.5) is 0 Å². The summed E-state index contributed by atoms with van der Waals surface area (Å²) in [6.45, 7) is 1.35. The van der Waals surface area contributed by atoms with Gasteiger partial charge < -0.3 is 9.84 Å². The van der Waals surface area contributed by atoms with E-state index in [-0.39, 0.29) is 6.10 Å². The maximum atomic E-state index is 9.46. The molecule has 2 rings (SSSR count). The molecule has 1 aromatic heterocycles. The van der Waals surface area contributed by atoms with Crippen LogP contribution in [0.3, 0.4) is 0 Å². The number of likely N-dealkylation sites (tertiary alicyclic amines) is 1. The van der Waals surface area contributed by atoms with E-state index in [1.54, 1.807) is 12.4 Å². The largest absolute Gasteiger partial charge is 0.490 e. The third-order valence-electron chi connectivity index (χ3n) is 2.74. The van der Waals surface area contributed by atoms with Gasteiger partial charge in [-0.05, 0) is 25.6 Å². The van der Waals surface area contributed by atoms with Gasteiger partial charge in [0.1, 0.15) is 12.4 Å². The Bertz CT molecular complexity index is 305. The average molecular weight is 208 g/mol. The average Bonchev–Trinajstić information content (AvgIpc) is 2.56. The molecular formula is C11H16N2O2. The quantitative estimate of drug-likeness (QED) is 0.787. The Morgan fingerprint density at radius 2 is 2.53 bits per heavy atom. The van der Waals surface area contributed by atoms with E-state index in [9.17, 15) is 5.11 Å². The Morgan fingerprint density at radius 3 is 3.13 bits per heavy atom. The number of nitrogens with zero attached hydrogens (tertiary/aromatic N) is 2. The number of rotatable bonds is 3. The van der Waals surface area contributed by atoms with E-state index in [0.29, 0.717) is 12.6 Å². The fourth-order valence-corrected chi connectivity index (χ4v) is 1.87. The van der Waals surface area contributed by atoms with Crippen molar-refractivity contribution in [1.29, 1.82) is 0 Å². The van der Waals surface area contributed by atoms with Crippen LogP contribution in [0.25, 0.3) is 0 Å². The minimum atomic E-state index is -0.211. The van der Waals surface area contributed by atoms with Gasteiger partial charge in [-0.15, -0.1) is 0 Å². The highest BCUT2D eigenvalue weighted by Gasteiger charge is 2.28. The SMILES string of the molecule is CN1CC(O)CC1COc1cccnc1. The number of aliphatic hydroxyl groups excluding tert-OH is 1. The van der Waals surface area contributed by atoms with E-state index in [1.165, 1.54) is 0 Å². The first-order chi connectivity index (χ1) is 7.25. The molecule has 2 atom stereocenters. The van der Waals surface area contributed by atoms with Crippen LogP contribution < -0.4 is 4.74 Å². The number of hydrogen-bond donors (Lipinski definition) is 1. The van der Waals surface area contributed by atoms with Gasteiger partial charge in [0.15, 0.2) is 0 Å². The Labute approximate surface area is 89.5 Å². The van der Waals surface area contributed by atoms with E-state index in [4.69, 9.17) is 4.74 Å². The molecule has 0 bridgehead atoms. The zero-order valence-electron chi connectivity index (χ0n) is 8.84. The standard InChI is InChI=1S/C11H16N2O2/c1-13-7-10(14)5-9(13)8-15-11-3-2-4-12-6-11/h2-4,6,9-10,14H,5,7-8H2,1H3. The smallest absolute Gasteiger partial charge is 0.137 e. The molecule has 1 fully saturated rings. The highest BCUT2D eigenvalue weighted by Crippen LogP contribution is 2.17. The highest BCUT2D eigenvalue weighted by molar-refractivity contribution is 5.15. The van der Waals surface area contributed by atoms with Crippen molar-refractivity contribution in [3.8, 4) is 5.75 Å². The third kappa shape index (κ3) is 2.67. The molecule has 4 nitrogen and oxygen atoms in total. The predicted molar refractivity (Wildman–Crippen MR) is 56.8 cm³/mol. The van der Waals surface area contributed by atoms with Crippen molar-refractivity contribution in [2.45, 2.75) is 18.6 Å². The molecule has 1 N–H and O–H groups in total. The molecule has 2 heterocycles. The summed E-state index contributed by atoms with van der Waals surface area (Å²) in [6, 6.07) is 4.04. The van der Waals surface area contributed by atoms with Crippen LogP contribution in [0.1, 0.15) is 6.42 Å². The lowest BCUT2D eigenvalue weighted by atomic mass is 10.2. The molecular weight excluding hydrogens is 192 g/mol. The summed E-state index contributed by atoms with van der Waals surface area (Å²) >= 11 is 0. The van der Waals surface area contributed by atoms with Crippen LogP contribution in [0.2, 0.25) is 0 Å². The number of ether oxygens (including phenoxy) is 1. The number of aromatic nitrogens is 1. The van der Waals surface area contributed by atoms with Crippen molar-refractivity contribution < 1.29 is 9.84 Å². The molecule has 1 aliphatic heterocycles. The van der Waals surface area contributed by atoms with E-state index in [0.717, 1.165) is 18.7 Å². The number of likely N-dealkylation sites (N-methyl/N-ethyl adjacent to an activating group) is 1. The van der Waals surface area contributed by atoms with Crippen molar-refractivity contribution in [3.63, 3.8) is 0 Å². The van der Waals surface area contributed by atoms with Crippen molar-refractivity contribution >= 4 is 0 Å². The topological polar surface area (TPSA) is 45.6 Å². The zero-order valence-corrected chi connectivity index (χ0v) is 8.84. The van der Waals surface area contributed by atoms with Crippen LogP contribution in [0.15, 0.2) is 24.5 Å². The second-order valence-corrected chi connectivity index (χ2v) is 3.98. The molecule has 0 saturated carbocycles. The van der Waals surface area contributed by atoms with Crippen LogP contribution in [-0.2, 0) is 0 Å². The summed E-state index contributed by atoms with van der Waals surface area (Å²) in [4.78, 5) is 6.10. The van der Waals surface area contributed by atoms with E-state index in [1.807, 2.05) is 19.2 Å². The molecule has 82 valence electrons. The van der Waals surface area contributed by atoms with Crippen molar-refractivity contribution in [2.24, 2.45) is 0 Å². The maximum absolute atomic E-state index is 9.46. The Kier molecular flexibility index (Phi) is 3.18. The first kappa shape index (κ1) is 10.4. The first-order valence-corrected chi connectivity index (χ1v) is 5.17. The lowest BCUT2D eigenvalue weighted by Crippen LogP contribution is -2.30. The van der Waals surface area contributed by atoms with Crippen molar-refractivity contribution in [3.05, 3.63) is 24.5 Å². The molecule has 4 heteroatoms. The molecule has 2 unspecified atom stereocenters. The van der Waals surface area contributed by atoms with Gasteiger partial charge in [-0.1, -0.05) is 0 Å². The van der Waals surface area contributed by atoms with Crippen LogP contribution in [0, 0.1) is 0 Å². The Morgan fingerprint density at radius 1 is 1.67 bits per heavy atom. The lowest BCUT2D eigenvalue weighted by molar-refractivity contribution is 0.182. The van der Waals surface area contributed by atoms with Crippen molar-refractivity contribution in [2.75, 3.05) is 20.2 Å². The van der Waals surface area contributed by atoms with Gasteiger partial charge in [0.05, 0.1) is 12.3 Å². The van der Waals surface area contributed by atoms with Crippen LogP contribution in [0.5, 0.6) is 5.75 Å². The minimum absolute atomic E-state index is 0.211. The molecule has 0 radical (unpaired) electrons. The molecule has 1 aromatic rings. The van der Waals surface area contributed by atoms with Gasteiger partial charge in [0, 0.05) is 18.8 Å². The number of β-amino-alcohol motifs (C(OH)–C–C–N with tert-alkyl or cyclic N) is 1. The number of hydrogen-bond acceptors (Lipinski definition) is 4. The summed E-state index contributed by atoms with van der Waals surface area (Å²) in [7, 11) is 2.01. The summed E-state index contributed by atoms with van der Waals surface area (Å²) in [6.07, 6.45) is 4.00. The normalized spacial score (nSPS) is 26.8. The molecule has 15 heavy (non-hydrogen) atoms. The molecule has 0 amide bonds. The Hall–Kier alpha value is -1.13. The molecule has 1 aliphatic rings. The number of pyridine rings is 1. The molecule has 0 aromatic carbocycles. The van der Waals surface area contributed by atoms with Gasteiger partial charge >= 0.3 is 0 Å². The van der Waals surface area contributed by atoms with Gasteiger partial charge in [0.25, 0.3) is 0 Å². The van der Waals surface area contributed by atoms with Gasteiger partial charge in [-0.2, -0.15) is 0 Å². The Balaban J connectivity index is 1.84. The first-order valence-electron chi connectivity index (χ1n) is 5.17. The second kappa shape index (κ2) is 4.59. The summed E-state index contributed by atoms with van der Waals surface area (Å²) in [5, 5.41) is 9.46. The molecule has 0 aliphatic carbocycles. The van der Waals surface area contributed by atoms with E-state index >= 15 is 0 Å². The summed E-state index contributed by atoms with van der Waals surface area (Å²) in [5.41, 5.74) is 0. The highest BCUT2D eigenvalue weighted by atomic mass is 16.5. The fourth-order valence-electron chi connectivity index (χ4n) is 1.87. The van der Waals surface area contributed by atoms with Crippen molar-refractivity contribution in [1.82, 2.24) is 9.88 Å². The van der Waals surface area contributed by atoms with Gasteiger partial charge in [-0.3, -0.25) is 9.88 Å². The predicted octanol–water partition coefficient (Wildman–Crippen LogP) is 0.525. The minimum Gasteiger partial charge on any atom is -0.490 e.